The Bertz CT molecular complexity index is 480. The molecule has 0 atom stereocenters. The minimum atomic E-state index is -0.136. The summed E-state index contributed by atoms with van der Waals surface area (Å²) in [5, 5.41) is 14.3. The maximum absolute atomic E-state index is 10.7. The zero-order valence-electron chi connectivity index (χ0n) is 8.66. The Hall–Kier alpha value is -2.31. The molecule has 2 aromatic heterocycles. The topological polar surface area (TPSA) is 85.6 Å². The lowest BCUT2D eigenvalue weighted by atomic mass is 10.3. The van der Waals surface area contributed by atoms with Gasteiger partial charge in [0.15, 0.2) is 0 Å². The molecular weight excluding hydrogens is 208 g/mol. The number of hydrogen-bond donors (Lipinski definition) is 1. The molecule has 0 aromatic carbocycles. The SMILES string of the molecule is CC(=O)NCn1nnc(-c2ccncc2)n1. The molecule has 7 nitrogen and oxygen atoms in total. The van der Waals surface area contributed by atoms with Gasteiger partial charge in [0, 0.05) is 24.9 Å². The fourth-order valence-electron chi connectivity index (χ4n) is 1.11. The third-order valence-electron chi connectivity index (χ3n) is 1.86. The molecule has 2 rings (SSSR count). The van der Waals surface area contributed by atoms with E-state index < -0.39 is 0 Å². The predicted octanol–water partition coefficient (Wildman–Crippen LogP) is -0.171. The van der Waals surface area contributed by atoms with Crippen molar-refractivity contribution in [1.29, 1.82) is 0 Å². The summed E-state index contributed by atoms with van der Waals surface area (Å²) in [6, 6.07) is 3.58. The zero-order chi connectivity index (χ0) is 11.4. The summed E-state index contributed by atoms with van der Waals surface area (Å²) in [5.74, 6) is 0.371. The van der Waals surface area contributed by atoms with Gasteiger partial charge in [-0.1, -0.05) is 0 Å². The van der Waals surface area contributed by atoms with Crippen LogP contribution < -0.4 is 5.32 Å². The van der Waals surface area contributed by atoms with Crippen molar-refractivity contribution in [2.75, 3.05) is 0 Å². The molecule has 0 unspecified atom stereocenters. The molecule has 1 amide bonds. The second kappa shape index (κ2) is 4.47. The minimum absolute atomic E-state index is 0.136. The molecule has 0 saturated carbocycles. The quantitative estimate of drug-likeness (QED) is 0.772. The lowest BCUT2D eigenvalue weighted by molar-refractivity contribution is -0.119. The summed E-state index contributed by atoms with van der Waals surface area (Å²) in [6.07, 6.45) is 3.31. The number of carbonyl (C=O) groups is 1. The summed E-state index contributed by atoms with van der Waals surface area (Å²) < 4.78 is 0. The van der Waals surface area contributed by atoms with E-state index in [1.54, 1.807) is 24.5 Å². The van der Waals surface area contributed by atoms with Crippen LogP contribution in [-0.2, 0) is 11.5 Å². The van der Waals surface area contributed by atoms with Crippen LogP contribution in [0.1, 0.15) is 6.92 Å². The van der Waals surface area contributed by atoms with Crippen LogP contribution in [-0.4, -0.2) is 31.1 Å². The Labute approximate surface area is 91.5 Å². The van der Waals surface area contributed by atoms with Crippen molar-refractivity contribution in [1.82, 2.24) is 30.5 Å². The van der Waals surface area contributed by atoms with Crippen molar-refractivity contribution in [3.8, 4) is 11.4 Å². The number of amides is 1. The Balaban J connectivity index is 2.11. The van der Waals surface area contributed by atoms with E-state index in [1.807, 2.05) is 0 Å². The molecule has 0 aliphatic heterocycles. The second-order valence-electron chi connectivity index (χ2n) is 3.11. The van der Waals surface area contributed by atoms with E-state index in [0.717, 1.165) is 5.56 Å². The van der Waals surface area contributed by atoms with Crippen molar-refractivity contribution >= 4 is 5.91 Å². The van der Waals surface area contributed by atoms with Crippen LogP contribution in [0.3, 0.4) is 0 Å². The largest absolute Gasteiger partial charge is 0.335 e. The van der Waals surface area contributed by atoms with Crippen LogP contribution >= 0.6 is 0 Å². The summed E-state index contributed by atoms with van der Waals surface area (Å²) in [4.78, 5) is 15.9. The summed E-state index contributed by atoms with van der Waals surface area (Å²) in [6.45, 7) is 1.65. The number of rotatable bonds is 3. The highest BCUT2D eigenvalue weighted by molar-refractivity contribution is 5.72. The molecular formula is C9H10N6O. The molecule has 16 heavy (non-hydrogen) atoms. The molecule has 2 heterocycles. The Morgan fingerprint density at radius 2 is 2.19 bits per heavy atom. The average Bonchev–Trinajstić information content (AvgIpc) is 2.76. The molecule has 0 bridgehead atoms. The van der Waals surface area contributed by atoms with E-state index in [9.17, 15) is 4.79 Å². The van der Waals surface area contributed by atoms with Crippen LogP contribution in [0.25, 0.3) is 11.4 Å². The van der Waals surface area contributed by atoms with Gasteiger partial charge in [-0.2, -0.15) is 0 Å². The van der Waals surface area contributed by atoms with Crippen molar-refractivity contribution in [3.63, 3.8) is 0 Å². The van der Waals surface area contributed by atoms with Gasteiger partial charge in [-0.15, -0.1) is 15.0 Å². The predicted molar refractivity (Wildman–Crippen MR) is 54.9 cm³/mol. The number of pyridine rings is 1. The first kappa shape index (κ1) is 10.2. The first-order valence-corrected chi connectivity index (χ1v) is 4.68. The molecule has 82 valence electrons. The van der Waals surface area contributed by atoms with E-state index >= 15 is 0 Å². The third kappa shape index (κ3) is 2.38. The molecule has 0 saturated heterocycles. The molecule has 1 N–H and O–H groups in total. The molecule has 0 aliphatic carbocycles. The monoisotopic (exact) mass is 218 g/mol. The van der Waals surface area contributed by atoms with Crippen molar-refractivity contribution in [2.24, 2.45) is 0 Å². The van der Waals surface area contributed by atoms with E-state index in [1.165, 1.54) is 11.7 Å². The van der Waals surface area contributed by atoms with E-state index in [2.05, 4.69) is 25.7 Å². The zero-order valence-corrected chi connectivity index (χ0v) is 8.66. The van der Waals surface area contributed by atoms with Gasteiger partial charge in [0.2, 0.25) is 11.7 Å². The molecule has 0 spiro atoms. The average molecular weight is 218 g/mol. The van der Waals surface area contributed by atoms with Gasteiger partial charge in [-0.05, 0) is 17.3 Å². The lowest BCUT2D eigenvalue weighted by Gasteiger charge is -1.97. The highest BCUT2D eigenvalue weighted by atomic mass is 16.1. The van der Waals surface area contributed by atoms with Crippen LogP contribution in [0.2, 0.25) is 0 Å². The summed E-state index contributed by atoms with van der Waals surface area (Å²) in [7, 11) is 0. The number of nitrogens with one attached hydrogen (secondary N) is 1. The van der Waals surface area contributed by atoms with Gasteiger partial charge in [-0.25, -0.2) is 0 Å². The number of aromatic nitrogens is 5. The summed E-state index contributed by atoms with van der Waals surface area (Å²) >= 11 is 0. The Morgan fingerprint density at radius 1 is 1.44 bits per heavy atom. The normalized spacial score (nSPS) is 10.1. The van der Waals surface area contributed by atoms with Crippen LogP contribution in [0.5, 0.6) is 0 Å². The number of carbonyl (C=O) groups excluding carboxylic acids is 1. The minimum Gasteiger partial charge on any atom is -0.335 e. The van der Waals surface area contributed by atoms with Crippen LogP contribution in [0, 0.1) is 0 Å². The summed E-state index contributed by atoms with van der Waals surface area (Å²) in [5.41, 5.74) is 0.837. The van der Waals surface area contributed by atoms with Gasteiger partial charge in [-0.3, -0.25) is 9.78 Å². The lowest BCUT2D eigenvalue weighted by Crippen LogP contribution is -2.24. The standard InChI is InChI=1S/C9H10N6O/c1-7(16)11-6-15-13-9(12-14-15)8-2-4-10-5-3-8/h2-5H,6H2,1H3,(H,11,16). The van der Waals surface area contributed by atoms with Gasteiger partial charge in [0.25, 0.3) is 0 Å². The van der Waals surface area contributed by atoms with Crippen LogP contribution in [0.15, 0.2) is 24.5 Å². The van der Waals surface area contributed by atoms with E-state index in [-0.39, 0.29) is 12.6 Å². The van der Waals surface area contributed by atoms with Gasteiger partial charge in [0.1, 0.15) is 6.67 Å². The molecule has 7 heteroatoms. The maximum Gasteiger partial charge on any atom is 0.218 e. The third-order valence-corrected chi connectivity index (χ3v) is 1.86. The van der Waals surface area contributed by atoms with Crippen LogP contribution in [0.4, 0.5) is 0 Å². The fraction of sp³-hybridized carbons (Fsp3) is 0.222. The fourth-order valence-corrected chi connectivity index (χ4v) is 1.11. The first-order valence-electron chi connectivity index (χ1n) is 4.68. The Morgan fingerprint density at radius 3 is 2.88 bits per heavy atom. The van der Waals surface area contributed by atoms with Gasteiger partial charge in [0.05, 0.1) is 0 Å². The number of nitrogens with zero attached hydrogens (tertiary/aromatic N) is 5. The molecule has 0 aliphatic rings. The highest BCUT2D eigenvalue weighted by Crippen LogP contribution is 2.10. The van der Waals surface area contributed by atoms with Gasteiger partial charge < -0.3 is 5.32 Å². The smallest absolute Gasteiger partial charge is 0.218 e. The van der Waals surface area contributed by atoms with Crippen molar-refractivity contribution in [3.05, 3.63) is 24.5 Å². The van der Waals surface area contributed by atoms with Crippen molar-refractivity contribution < 1.29 is 4.79 Å². The highest BCUT2D eigenvalue weighted by Gasteiger charge is 2.04. The number of tetrazole rings is 1. The number of hydrogen-bond acceptors (Lipinski definition) is 5. The van der Waals surface area contributed by atoms with Crippen molar-refractivity contribution in [2.45, 2.75) is 13.6 Å². The second-order valence-corrected chi connectivity index (χ2v) is 3.11. The first-order chi connectivity index (χ1) is 7.75. The maximum atomic E-state index is 10.7. The molecule has 2 aromatic rings. The van der Waals surface area contributed by atoms with E-state index in [0.29, 0.717) is 5.82 Å². The van der Waals surface area contributed by atoms with Gasteiger partial charge >= 0.3 is 0 Å². The Kier molecular flexibility index (Phi) is 2.86. The molecule has 0 fully saturated rings. The van der Waals surface area contributed by atoms with E-state index in [4.69, 9.17) is 0 Å². The molecule has 0 radical (unpaired) electrons.